The van der Waals surface area contributed by atoms with Gasteiger partial charge < -0.3 is 5.11 Å². The maximum Gasteiger partial charge on any atom is 0.198 e. The molecule has 1 heterocycles. The molecule has 0 bridgehead atoms. The smallest absolute Gasteiger partial charge is 0.198 e. The van der Waals surface area contributed by atoms with Crippen molar-refractivity contribution in [1.29, 1.82) is 0 Å². The van der Waals surface area contributed by atoms with Crippen molar-refractivity contribution in [2.45, 2.75) is 88.8 Å². The highest BCUT2D eigenvalue weighted by Crippen LogP contribution is 2.40. The number of aliphatic hydroxyl groups is 1. The Labute approximate surface area is 191 Å². The van der Waals surface area contributed by atoms with Gasteiger partial charge in [0.1, 0.15) is 5.60 Å². The largest absolute Gasteiger partial charge is 0.382 e. The molecule has 1 atom stereocenters. The zero-order chi connectivity index (χ0) is 23.0. The summed E-state index contributed by atoms with van der Waals surface area (Å²) in [5, 5.41) is 10.8. The van der Waals surface area contributed by atoms with E-state index in [1.165, 1.54) is 11.1 Å². The molecule has 1 N–H and O–H groups in total. The van der Waals surface area contributed by atoms with E-state index in [1.807, 2.05) is 19.2 Å². The second-order valence-electron chi connectivity index (χ2n) is 9.13. The molecule has 0 spiro atoms. The predicted molar refractivity (Wildman–Crippen MR) is 128 cm³/mol. The molecule has 1 aliphatic carbocycles. The van der Waals surface area contributed by atoms with Gasteiger partial charge in [-0.15, -0.1) is 6.58 Å². The number of unbranched alkanes of at least 4 members (excludes halogenated alkanes) is 2. The monoisotopic (exact) mass is 437 g/mol. The Kier molecular flexibility index (Phi) is 8.75. The van der Waals surface area contributed by atoms with E-state index >= 15 is 0 Å². The van der Waals surface area contributed by atoms with Crippen LogP contribution in [0.4, 0.5) is 4.39 Å². The number of hydrogen-bond acceptors (Lipinski definition) is 3. The molecule has 1 aromatic heterocycles. The van der Waals surface area contributed by atoms with Crippen LogP contribution in [0.25, 0.3) is 11.3 Å². The van der Waals surface area contributed by atoms with Crippen molar-refractivity contribution in [2.75, 3.05) is 0 Å². The highest BCUT2D eigenvalue weighted by atomic mass is 19.1. The lowest BCUT2D eigenvalue weighted by Crippen LogP contribution is -2.46. The molecular weight excluding hydrogens is 401 g/mol. The first-order chi connectivity index (χ1) is 15.5. The summed E-state index contributed by atoms with van der Waals surface area (Å²) in [7, 11) is 0. The Bertz CT molecular complexity index is 867. The van der Waals surface area contributed by atoms with Gasteiger partial charge in [0.2, 0.25) is 0 Å². The van der Waals surface area contributed by atoms with Crippen molar-refractivity contribution >= 4 is 5.78 Å². The molecule has 0 radical (unpaired) electrons. The molecule has 32 heavy (non-hydrogen) atoms. The highest BCUT2D eigenvalue weighted by molar-refractivity contribution is 5.91. The number of hydrogen-bond donors (Lipinski definition) is 1. The van der Waals surface area contributed by atoms with E-state index in [4.69, 9.17) is 0 Å². The van der Waals surface area contributed by atoms with Crippen molar-refractivity contribution < 1.29 is 14.3 Å². The van der Waals surface area contributed by atoms with Gasteiger partial charge in [0.05, 0.1) is 5.69 Å². The zero-order valence-corrected chi connectivity index (χ0v) is 19.2. The Morgan fingerprint density at radius 2 is 1.94 bits per heavy atom. The summed E-state index contributed by atoms with van der Waals surface area (Å²) in [5.74, 6) is -0.329. The molecular formula is C28H36FNO2. The third kappa shape index (κ3) is 6.13. The Morgan fingerprint density at radius 3 is 2.53 bits per heavy atom. The van der Waals surface area contributed by atoms with E-state index in [0.717, 1.165) is 36.9 Å². The van der Waals surface area contributed by atoms with Crippen molar-refractivity contribution in [2.24, 2.45) is 0 Å². The number of alkyl halides is 1. The van der Waals surface area contributed by atoms with E-state index in [-0.39, 0.29) is 12.3 Å². The van der Waals surface area contributed by atoms with Crippen LogP contribution >= 0.6 is 0 Å². The summed E-state index contributed by atoms with van der Waals surface area (Å²) in [6.45, 7) is 5.73. The van der Waals surface area contributed by atoms with Crippen LogP contribution in [0.15, 0.2) is 55.3 Å². The number of aromatic nitrogens is 1. The Hall–Kier alpha value is -2.33. The van der Waals surface area contributed by atoms with Crippen molar-refractivity contribution in [3.63, 3.8) is 0 Å². The lowest BCUT2D eigenvalue weighted by atomic mass is 9.73. The van der Waals surface area contributed by atoms with Gasteiger partial charge in [-0.25, -0.2) is 4.39 Å². The van der Waals surface area contributed by atoms with E-state index in [9.17, 15) is 14.3 Å². The average Bonchev–Trinajstić information content (AvgIpc) is 2.83. The number of carbonyl (C=O) groups excluding carboxylic acids is 1. The van der Waals surface area contributed by atoms with Gasteiger partial charge in [-0.05, 0) is 74.5 Å². The van der Waals surface area contributed by atoms with Gasteiger partial charge in [-0.2, -0.15) is 0 Å². The highest BCUT2D eigenvalue weighted by Gasteiger charge is 2.43. The first kappa shape index (κ1) is 24.3. The van der Waals surface area contributed by atoms with Gasteiger partial charge in [-0.1, -0.05) is 56.2 Å². The number of benzene rings is 1. The van der Waals surface area contributed by atoms with Gasteiger partial charge in [0.25, 0.3) is 0 Å². The van der Waals surface area contributed by atoms with Gasteiger partial charge >= 0.3 is 0 Å². The molecule has 4 heteroatoms. The summed E-state index contributed by atoms with van der Waals surface area (Å²) in [5.41, 5.74) is 2.97. The molecule has 1 saturated carbocycles. The summed E-state index contributed by atoms with van der Waals surface area (Å²) in [6, 6.07) is 12.6. The topological polar surface area (TPSA) is 50.2 Å². The van der Waals surface area contributed by atoms with Crippen LogP contribution < -0.4 is 0 Å². The summed E-state index contributed by atoms with van der Waals surface area (Å²) >= 11 is 0. The minimum Gasteiger partial charge on any atom is -0.382 e. The SMILES string of the molecule is C=CCCCc1ccc(-c2ccc([C@H]3CC[C@@](O)(C(=O)[C@@H](F)CCCC)CC3)cc2)nc1. The second kappa shape index (κ2) is 11.5. The number of allylic oxidation sites excluding steroid dienone is 1. The van der Waals surface area contributed by atoms with Crippen LogP contribution in [0.2, 0.25) is 0 Å². The molecule has 0 amide bonds. The minimum absolute atomic E-state index is 0.215. The predicted octanol–water partition coefficient (Wildman–Crippen LogP) is 6.74. The first-order valence-corrected chi connectivity index (χ1v) is 12.0. The maximum absolute atomic E-state index is 14.2. The fourth-order valence-electron chi connectivity index (χ4n) is 4.60. The fourth-order valence-corrected chi connectivity index (χ4v) is 4.60. The number of Topliss-reactive ketones (excluding diaryl/α,β-unsaturated/α-hetero) is 1. The molecule has 3 rings (SSSR count). The van der Waals surface area contributed by atoms with Crippen LogP contribution in [0.3, 0.4) is 0 Å². The molecule has 1 aliphatic rings. The number of rotatable bonds is 11. The van der Waals surface area contributed by atoms with Crippen LogP contribution in [-0.2, 0) is 11.2 Å². The van der Waals surface area contributed by atoms with Crippen molar-refractivity contribution in [1.82, 2.24) is 4.98 Å². The molecule has 172 valence electrons. The molecule has 3 nitrogen and oxygen atoms in total. The minimum atomic E-state index is -1.54. The average molecular weight is 438 g/mol. The van der Waals surface area contributed by atoms with Crippen LogP contribution in [0.5, 0.6) is 0 Å². The Morgan fingerprint density at radius 1 is 1.22 bits per heavy atom. The zero-order valence-electron chi connectivity index (χ0n) is 19.2. The third-order valence-electron chi connectivity index (χ3n) is 6.74. The lowest BCUT2D eigenvalue weighted by molar-refractivity contribution is -0.146. The normalized spacial score (nSPS) is 21.8. The van der Waals surface area contributed by atoms with E-state index < -0.39 is 17.6 Å². The summed E-state index contributed by atoms with van der Waals surface area (Å²) in [6.07, 6.45) is 9.25. The first-order valence-electron chi connectivity index (χ1n) is 12.0. The molecule has 1 aromatic carbocycles. The van der Waals surface area contributed by atoms with Crippen LogP contribution in [0, 0.1) is 0 Å². The number of halogens is 1. The number of carbonyl (C=O) groups is 1. The van der Waals surface area contributed by atoms with Gasteiger partial charge in [0, 0.05) is 11.8 Å². The van der Waals surface area contributed by atoms with Gasteiger partial charge in [-0.3, -0.25) is 9.78 Å². The second-order valence-corrected chi connectivity index (χ2v) is 9.13. The van der Waals surface area contributed by atoms with E-state index in [0.29, 0.717) is 32.1 Å². The quantitative estimate of drug-likeness (QED) is 0.313. The van der Waals surface area contributed by atoms with Gasteiger partial charge in [0.15, 0.2) is 12.0 Å². The summed E-state index contributed by atoms with van der Waals surface area (Å²) < 4.78 is 14.2. The number of pyridine rings is 1. The molecule has 0 aliphatic heterocycles. The number of ketones is 1. The molecule has 2 aromatic rings. The standard InChI is InChI=1S/C28H36FNO2/c1-3-5-7-8-21-10-15-26(30-20-21)24-13-11-22(12-14-24)23-16-18-28(32,19-17-23)27(31)25(29)9-6-4-2/h3,10-15,20,23,25,32H,1,4-9,16-19H2,2H3/t23-,25-,28-/m0/s1. The van der Waals surface area contributed by atoms with Crippen LogP contribution in [0.1, 0.15) is 81.8 Å². The van der Waals surface area contributed by atoms with E-state index in [2.05, 4.69) is 48.0 Å². The number of nitrogens with zero attached hydrogens (tertiary/aromatic N) is 1. The third-order valence-corrected chi connectivity index (χ3v) is 6.74. The Balaban J connectivity index is 1.57. The van der Waals surface area contributed by atoms with Crippen LogP contribution in [-0.4, -0.2) is 27.6 Å². The molecule has 0 saturated heterocycles. The molecule has 0 unspecified atom stereocenters. The fraction of sp³-hybridized carbons (Fsp3) is 0.500. The molecule has 1 fully saturated rings. The number of aryl methyl sites for hydroxylation is 1. The maximum atomic E-state index is 14.2. The lowest BCUT2D eigenvalue weighted by Gasteiger charge is -2.35. The summed E-state index contributed by atoms with van der Waals surface area (Å²) in [4.78, 5) is 17.0. The van der Waals surface area contributed by atoms with E-state index in [1.54, 1.807) is 0 Å². The van der Waals surface area contributed by atoms with Crippen molar-refractivity contribution in [3.8, 4) is 11.3 Å². The van der Waals surface area contributed by atoms with Crippen molar-refractivity contribution in [3.05, 3.63) is 66.4 Å².